The van der Waals surface area contributed by atoms with Gasteiger partial charge < -0.3 is 5.32 Å². The van der Waals surface area contributed by atoms with Crippen molar-refractivity contribution in [2.45, 2.75) is 37.3 Å². The van der Waals surface area contributed by atoms with E-state index in [4.69, 9.17) is 0 Å². The van der Waals surface area contributed by atoms with Gasteiger partial charge in [-0.1, -0.05) is 0 Å². The minimum absolute atomic E-state index is 0.351. The summed E-state index contributed by atoms with van der Waals surface area (Å²) in [5.41, 5.74) is -0.361. The molecule has 2 atom stereocenters. The van der Waals surface area contributed by atoms with Crippen molar-refractivity contribution in [3.63, 3.8) is 0 Å². The summed E-state index contributed by atoms with van der Waals surface area (Å²) < 4.78 is 3.15. The molecule has 1 N–H and O–H groups in total. The lowest BCUT2D eigenvalue weighted by Gasteiger charge is -2.35. The third-order valence-electron chi connectivity index (χ3n) is 3.36. The maximum atomic E-state index is 9.27. The Morgan fingerprint density at radius 3 is 3.12 bits per heavy atom. The third-order valence-corrected chi connectivity index (χ3v) is 3.92. The van der Waals surface area contributed by atoms with Crippen molar-refractivity contribution in [1.82, 2.24) is 15.1 Å². The average molecular weight is 330 g/mol. The molecule has 0 spiro atoms. The van der Waals surface area contributed by atoms with Gasteiger partial charge in [-0.05, 0) is 48.9 Å². The second-order valence-corrected chi connectivity index (χ2v) is 5.58. The number of rotatable bonds is 2. The number of nitriles is 1. The lowest BCUT2D eigenvalue weighted by Crippen LogP contribution is -2.46. The fourth-order valence-electron chi connectivity index (χ4n) is 2.37. The molecule has 1 saturated carbocycles. The second-order valence-electron chi connectivity index (χ2n) is 4.33. The lowest BCUT2D eigenvalue weighted by atomic mass is 9.80. The van der Waals surface area contributed by atoms with E-state index in [1.807, 2.05) is 24.1 Å². The zero-order valence-corrected chi connectivity index (χ0v) is 11.4. The predicted octanol–water partition coefficient (Wildman–Crippen LogP) is 2.08. The Morgan fingerprint density at radius 1 is 1.75 bits per heavy atom. The fraction of sp³-hybridized carbons (Fsp3) is 0.636. The van der Waals surface area contributed by atoms with Crippen molar-refractivity contribution in [3.05, 3.63) is 16.0 Å². The Labute approximate surface area is 109 Å². The highest BCUT2D eigenvalue weighted by Gasteiger charge is 2.36. The van der Waals surface area contributed by atoms with Crippen LogP contribution in [0.5, 0.6) is 0 Å². The van der Waals surface area contributed by atoms with Crippen LogP contribution in [0.3, 0.4) is 0 Å². The number of nitrogens with zero attached hydrogens (tertiary/aromatic N) is 3. The monoisotopic (exact) mass is 330 g/mol. The topological polar surface area (TPSA) is 53.6 Å². The first kappa shape index (κ1) is 11.9. The summed E-state index contributed by atoms with van der Waals surface area (Å²) in [7, 11) is 1.87. The normalized spacial score (nSPS) is 29.9. The van der Waals surface area contributed by atoms with E-state index in [0.29, 0.717) is 6.04 Å². The molecule has 1 heterocycles. The molecule has 5 heteroatoms. The smallest absolute Gasteiger partial charge is 0.108 e. The van der Waals surface area contributed by atoms with E-state index in [-0.39, 0.29) is 5.54 Å². The number of aromatic nitrogens is 2. The van der Waals surface area contributed by atoms with Crippen molar-refractivity contribution in [2.75, 3.05) is 7.05 Å². The Balaban J connectivity index is 2.16. The standard InChI is InChI=1S/C11H15IN4/c1-14-11(8-13)4-2-3-10(5-11)16-7-9(12)6-15-16/h6-7,10,14H,2-5H2,1H3. The Hall–Kier alpha value is -0.610. The Kier molecular flexibility index (Phi) is 3.50. The van der Waals surface area contributed by atoms with E-state index in [9.17, 15) is 5.26 Å². The van der Waals surface area contributed by atoms with Crippen LogP contribution in [0.1, 0.15) is 31.7 Å². The third kappa shape index (κ3) is 2.23. The first-order valence-corrected chi connectivity index (χ1v) is 6.57. The number of hydrogen-bond donors (Lipinski definition) is 1. The van der Waals surface area contributed by atoms with E-state index >= 15 is 0 Å². The van der Waals surface area contributed by atoms with Crippen LogP contribution in [0.25, 0.3) is 0 Å². The van der Waals surface area contributed by atoms with Gasteiger partial charge in [-0.25, -0.2) is 0 Å². The van der Waals surface area contributed by atoms with Gasteiger partial charge in [-0.3, -0.25) is 4.68 Å². The van der Waals surface area contributed by atoms with Crippen molar-refractivity contribution in [2.24, 2.45) is 0 Å². The van der Waals surface area contributed by atoms with E-state index < -0.39 is 0 Å². The van der Waals surface area contributed by atoms with Crippen LogP contribution in [-0.2, 0) is 0 Å². The van der Waals surface area contributed by atoms with Crippen molar-refractivity contribution < 1.29 is 0 Å². The molecule has 86 valence electrons. The van der Waals surface area contributed by atoms with Crippen LogP contribution in [0.4, 0.5) is 0 Å². The maximum Gasteiger partial charge on any atom is 0.108 e. The number of hydrogen-bond acceptors (Lipinski definition) is 3. The molecule has 2 unspecified atom stereocenters. The summed E-state index contributed by atoms with van der Waals surface area (Å²) in [6.07, 6.45) is 7.89. The predicted molar refractivity (Wildman–Crippen MR) is 69.9 cm³/mol. The minimum atomic E-state index is -0.361. The second kappa shape index (κ2) is 4.72. The highest BCUT2D eigenvalue weighted by molar-refractivity contribution is 14.1. The molecule has 1 aliphatic rings. The molecule has 0 bridgehead atoms. The largest absolute Gasteiger partial charge is 0.302 e. The van der Waals surface area contributed by atoms with Gasteiger partial charge >= 0.3 is 0 Å². The van der Waals surface area contributed by atoms with Crippen LogP contribution < -0.4 is 5.32 Å². The van der Waals surface area contributed by atoms with Crippen molar-refractivity contribution in [3.8, 4) is 6.07 Å². The molecule has 4 nitrogen and oxygen atoms in total. The molecule has 16 heavy (non-hydrogen) atoms. The van der Waals surface area contributed by atoms with Crippen molar-refractivity contribution >= 4 is 22.6 Å². The van der Waals surface area contributed by atoms with Gasteiger partial charge in [0.1, 0.15) is 5.54 Å². The van der Waals surface area contributed by atoms with Gasteiger partial charge in [0, 0.05) is 12.6 Å². The molecule has 1 fully saturated rings. The molecule has 2 rings (SSSR count). The molecule has 0 saturated heterocycles. The summed E-state index contributed by atoms with van der Waals surface area (Å²) in [4.78, 5) is 0. The van der Waals surface area contributed by atoms with Crippen molar-refractivity contribution in [1.29, 1.82) is 5.26 Å². The molecule has 1 aliphatic carbocycles. The summed E-state index contributed by atoms with van der Waals surface area (Å²) in [5.74, 6) is 0. The van der Waals surface area contributed by atoms with E-state index in [0.717, 1.165) is 29.3 Å². The summed E-state index contributed by atoms with van der Waals surface area (Å²) >= 11 is 2.26. The zero-order valence-electron chi connectivity index (χ0n) is 9.28. The molecular weight excluding hydrogens is 315 g/mol. The highest BCUT2D eigenvalue weighted by atomic mass is 127. The van der Waals surface area contributed by atoms with E-state index in [1.54, 1.807) is 0 Å². The molecule has 0 aliphatic heterocycles. The van der Waals surface area contributed by atoms with Gasteiger partial charge in [0.2, 0.25) is 0 Å². The van der Waals surface area contributed by atoms with E-state index in [2.05, 4.69) is 39.1 Å². The van der Waals surface area contributed by atoms with E-state index in [1.165, 1.54) is 0 Å². The highest BCUT2D eigenvalue weighted by Crippen LogP contribution is 2.34. The molecule has 1 aromatic heterocycles. The van der Waals surface area contributed by atoms with Crippen LogP contribution in [-0.4, -0.2) is 22.4 Å². The first-order chi connectivity index (χ1) is 7.69. The molecule has 0 radical (unpaired) electrons. The van der Waals surface area contributed by atoms with Crippen LogP contribution >= 0.6 is 22.6 Å². The average Bonchev–Trinajstić information content (AvgIpc) is 2.76. The first-order valence-electron chi connectivity index (χ1n) is 5.49. The van der Waals surface area contributed by atoms with Crippen LogP contribution in [0.2, 0.25) is 0 Å². The molecule has 0 aromatic carbocycles. The maximum absolute atomic E-state index is 9.27. The Morgan fingerprint density at radius 2 is 2.56 bits per heavy atom. The van der Waals surface area contributed by atoms with Crippen LogP contribution in [0, 0.1) is 14.9 Å². The lowest BCUT2D eigenvalue weighted by molar-refractivity contribution is 0.230. The summed E-state index contributed by atoms with van der Waals surface area (Å²) in [5, 5.41) is 16.8. The molecule has 1 aromatic rings. The summed E-state index contributed by atoms with van der Waals surface area (Å²) in [6, 6.07) is 2.77. The summed E-state index contributed by atoms with van der Waals surface area (Å²) in [6.45, 7) is 0. The minimum Gasteiger partial charge on any atom is -0.302 e. The van der Waals surface area contributed by atoms with Gasteiger partial charge in [0.25, 0.3) is 0 Å². The van der Waals surface area contributed by atoms with Gasteiger partial charge in [-0.15, -0.1) is 0 Å². The number of halogens is 1. The van der Waals surface area contributed by atoms with Gasteiger partial charge in [0.15, 0.2) is 0 Å². The fourth-order valence-corrected chi connectivity index (χ4v) is 2.78. The zero-order chi connectivity index (χ0) is 11.6. The number of nitrogens with one attached hydrogen (secondary N) is 1. The Bertz CT molecular complexity index is 408. The van der Waals surface area contributed by atoms with Crippen LogP contribution in [0.15, 0.2) is 12.4 Å². The molecule has 0 amide bonds. The van der Waals surface area contributed by atoms with Gasteiger partial charge in [0.05, 0.1) is 21.9 Å². The quantitative estimate of drug-likeness (QED) is 0.845. The SMILES string of the molecule is CNC1(C#N)CCCC(n2cc(I)cn2)C1. The molecular formula is C11H15IN4. The van der Waals surface area contributed by atoms with Gasteiger partial charge in [-0.2, -0.15) is 10.4 Å².